The van der Waals surface area contributed by atoms with Gasteiger partial charge in [0.15, 0.2) is 5.65 Å². The number of hydrogen-bond donors (Lipinski definition) is 1. The number of piperidine rings is 1. The maximum atomic E-state index is 14.6. The molecule has 6 aromatic rings. The van der Waals surface area contributed by atoms with Crippen molar-refractivity contribution >= 4 is 28.7 Å². The third-order valence-corrected chi connectivity index (χ3v) is 11.1. The molecule has 14 heteroatoms. The van der Waals surface area contributed by atoms with Crippen LogP contribution in [0.2, 0.25) is 0 Å². The SMILES string of the molecule is CC(C)(C)OC(=O)N1CCC(Cc2ccc(-c3cccc(-n4c(=O)n(C5CCC(NC(=O)c6cn7cc(F)ccc7n6)CC5)c(=O)c5cc(F)cnc54)c3)cc2)CC1. The highest BCUT2D eigenvalue weighted by Crippen LogP contribution is 2.30. The second-order valence-corrected chi connectivity index (χ2v) is 16.4. The lowest BCUT2D eigenvalue weighted by Gasteiger charge is -2.33. The van der Waals surface area contributed by atoms with E-state index in [2.05, 4.69) is 27.4 Å². The Balaban J connectivity index is 0.987. The number of halogens is 2. The zero-order valence-corrected chi connectivity index (χ0v) is 32.7. The van der Waals surface area contributed by atoms with E-state index in [1.54, 1.807) is 11.0 Å². The zero-order valence-electron chi connectivity index (χ0n) is 32.7. The molecule has 12 nitrogen and oxygen atoms in total. The lowest BCUT2D eigenvalue weighted by Crippen LogP contribution is -2.45. The molecule has 2 aliphatic rings. The number of benzene rings is 2. The molecule has 0 spiro atoms. The fourth-order valence-electron chi connectivity index (χ4n) is 8.19. The van der Waals surface area contributed by atoms with Crippen LogP contribution in [-0.4, -0.2) is 65.1 Å². The Labute approximate surface area is 333 Å². The summed E-state index contributed by atoms with van der Waals surface area (Å²) in [5.74, 6) is -1.08. The van der Waals surface area contributed by atoms with Crippen molar-refractivity contribution in [3.8, 4) is 16.8 Å². The highest BCUT2D eigenvalue weighted by molar-refractivity contribution is 5.93. The zero-order chi connectivity index (χ0) is 40.7. The Morgan fingerprint density at radius 1 is 0.862 bits per heavy atom. The van der Waals surface area contributed by atoms with E-state index >= 15 is 0 Å². The van der Waals surface area contributed by atoms with Crippen LogP contribution >= 0.6 is 0 Å². The fourth-order valence-corrected chi connectivity index (χ4v) is 8.19. The summed E-state index contributed by atoms with van der Waals surface area (Å²) in [6, 6.07) is 18.9. The Morgan fingerprint density at radius 3 is 2.33 bits per heavy atom. The largest absolute Gasteiger partial charge is 0.444 e. The summed E-state index contributed by atoms with van der Waals surface area (Å²) in [6.07, 6.45) is 7.96. The van der Waals surface area contributed by atoms with Crippen LogP contribution in [0.4, 0.5) is 13.6 Å². The van der Waals surface area contributed by atoms with Crippen molar-refractivity contribution in [3.05, 3.63) is 129 Å². The molecule has 4 aromatic heterocycles. The molecule has 1 aliphatic carbocycles. The Hall–Kier alpha value is -6.18. The van der Waals surface area contributed by atoms with Gasteiger partial charge in [0.25, 0.3) is 11.5 Å². The number of ether oxygens (including phenoxy) is 1. The number of pyridine rings is 2. The van der Waals surface area contributed by atoms with Crippen LogP contribution in [0.25, 0.3) is 33.5 Å². The molecule has 1 saturated carbocycles. The van der Waals surface area contributed by atoms with Gasteiger partial charge >= 0.3 is 11.8 Å². The molecule has 0 radical (unpaired) electrons. The molecule has 0 atom stereocenters. The van der Waals surface area contributed by atoms with Gasteiger partial charge in [0, 0.05) is 37.6 Å². The molecular weight excluding hydrogens is 745 g/mol. The minimum Gasteiger partial charge on any atom is -0.444 e. The molecule has 1 N–H and O–H groups in total. The quantitative estimate of drug-likeness (QED) is 0.180. The van der Waals surface area contributed by atoms with Crippen molar-refractivity contribution < 1.29 is 23.1 Å². The van der Waals surface area contributed by atoms with Crippen LogP contribution in [0, 0.1) is 17.6 Å². The molecule has 58 heavy (non-hydrogen) atoms. The van der Waals surface area contributed by atoms with Gasteiger partial charge in [0.05, 0.1) is 17.3 Å². The number of likely N-dealkylation sites (tertiary alicyclic amines) is 1. The van der Waals surface area contributed by atoms with Crippen LogP contribution in [-0.2, 0) is 11.2 Å². The number of aromatic nitrogens is 5. The van der Waals surface area contributed by atoms with Gasteiger partial charge in [-0.1, -0.05) is 36.4 Å². The van der Waals surface area contributed by atoms with Crippen molar-refractivity contribution in [3.63, 3.8) is 0 Å². The number of rotatable bonds is 7. The maximum Gasteiger partial charge on any atom is 0.410 e. The highest BCUT2D eigenvalue weighted by atomic mass is 19.1. The molecular formula is C44H45F2N7O5. The summed E-state index contributed by atoms with van der Waals surface area (Å²) < 4.78 is 37.8. The average Bonchev–Trinajstić information content (AvgIpc) is 3.63. The van der Waals surface area contributed by atoms with Gasteiger partial charge in [0.2, 0.25) is 0 Å². The van der Waals surface area contributed by atoms with Gasteiger partial charge in [0.1, 0.15) is 28.6 Å². The van der Waals surface area contributed by atoms with Crippen molar-refractivity contribution in [1.82, 2.24) is 33.7 Å². The van der Waals surface area contributed by atoms with Gasteiger partial charge in [-0.25, -0.2) is 32.9 Å². The van der Waals surface area contributed by atoms with Crippen molar-refractivity contribution in [2.75, 3.05) is 13.1 Å². The summed E-state index contributed by atoms with van der Waals surface area (Å²) in [5, 5.41) is 2.98. The number of fused-ring (bicyclic) bond motifs is 2. The van der Waals surface area contributed by atoms with E-state index in [-0.39, 0.29) is 28.9 Å². The van der Waals surface area contributed by atoms with E-state index < -0.39 is 40.4 Å². The first kappa shape index (κ1) is 38.7. The van der Waals surface area contributed by atoms with E-state index in [1.165, 1.54) is 43.6 Å². The van der Waals surface area contributed by atoms with Gasteiger partial charge in [-0.05, 0) is 119 Å². The lowest BCUT2D eigenvalue weighted by atomic mass is 9.89. The van der Waals surface area contributed by atoms with Gasteiger partial charge in [-0.3, -0.25) is 14.2 Å². The molecule has 8 rings (SSSR count). The molecule has 2 fully saturated rings. The maximum absolute atomic E-state index is 14.6. The standard InChI is InChI=1S/C44H45F2N7O5/c1-44(2,3)58-43(57)50-19-17-28(18-20-50)21-27-7-9-29(10-8-27)30-5-4-6-35(22-30)52-39-36(23-32(46)24-47-39)41(55)53(42(52)56)34-14-12-33(13-15-34)48-40(54)37-26-51-25-31(45)11-16-38(51)49-37/h4-11,16,22-26,28,33-34H,12-15,17-21H2,1-3H3,(H,48,54). The number of hydrogen-bond acceptors (Lipinski definition) is 7. The summed E-state index contributed by atoms with van der Waals surface area (Å²) in [4.78, 5) is 64.2. The molecule has 1 aliphatic heterocycles. The number of nitrogens with one attached hydrogen (secondary N) is 1. The van der Waals surface area contributed by atoms with Crippen LogP contribution in [0.5, 0.6) is 0 Å². The average molecular weight is 790 g/mol. The fraction of sp³-hybridized carbons (Fsp3) is 0.364. The summed E-state index contributed by atoms with van der Waals surface area (Å²) in [7, 11) is 0. The highest BCUT2D eigenvalue weighted by Gasteiger charge is 2.30. The third-order valence-electron chi connectivity index (χ3n) is 11.1. The Bertz CT molecular complexity index is 2630. The van der Waals surface area contributed by atoms with Crippen LogP contribution in [0.15, 0.2) is 94.9 Å². The van der Waals surface area contributed by atoms with Crippen LogP contribution in [0.1, 0.15) is 81.4 Å². The van der Waals surface area contributed by atoms with E-state index in [0.717, 1.165) is 42.7 Å². The smallest absolute Gasteiger partial charge is 0.410 e. The number of imidazole rings is 1. The van der Waals surface area contributed by atoms with E-state index in [9.17, 15) is 28.0 Å². The normalized spacial score (nSPS) is 17.8. The second kappa shape index (κ2) is 15.6. The number of amides is 2. The number of carbonyl (C=O) groups excluding carboxylic acids is 2. The first-order valence-corrected chi connectivity index (χ1v) is 19.8. The van der Waals surface area contributed by atoms with Gasteiger partial charge in [-0.2, -0.15) is 0 Å². The van der Waals surface area contributed by atoms with E-state index in [0.29, 0.717) is 56.0 Å². The molecule has 2 amide bonds. The topological polar surface area (TPSA) is 133 Å². The Kier molecular flexibility index (Phi) is 10.4. The first-order chi connectivity index (χ1) is 27.8. The van der Waals surface area contributed by atoms with Crippen molar-refractivity contribution in [2.45, 2.75) is 83.4 Å². The molecule has 0 unspecified atom stereocenters. The molecule has 5 heterocycles. The minimum atomic E-state index is -0.690. The lowest BCUT2D eigenvalue weighted by molar-refractivity contribution is 0.0184. The summed E-state index contributed by atoms with van der Waals surface area (Å²) in [5.41, 5.74) is 2.40. The number of carbonyl (C=O) groups is 2. The van der Waals surface area contributed by atoms with Gasteiger partial charge < -0.3 is 19.4 Å². The molecule has 0 bridgehead atoms. The number of nitrogens with zero attached hydrogens (tertiary/aromatic N) is 6. The van der Waals surface area contributed by atoms with E-state index in [4.69, 9.17) is 4.74 Å². The van der Waals surface area contributed by atoms with Crippen LogP contribution in [0.3, 0.4) is 0 Å². The van der Waals surface area contributed by atoms with Crippen molar-refractivity contribution in [2.24, 2.45) is 5.92 Å². The predicted molar refractivity (Wildman–Crippen MR) is 215 cm³/mol. The Morgan fingerprint density at radius 2 is 1.60 bits per heavy atom. The predicted octanol–water partition coefficient (Wildman–Crippen LogP) is 7.24. The summed E-state index contributed by atoms with van der Waals surface area (Å²) in [6.45, 7) is 6.95. The first-order valence-electron chi connectivity index (χ1n) is 19.8. The third kappa shape index (κ3) is 8.13. The molecule has 2 aromatic carbocycles. The molecule has 300 valence electrons. The van der Waals surface area contributed by atoms with Crippen LogP contribution < -0.4 is 16.6 Å². The minimum absolute atomic E-state index is 0.00926. The van der Waals surface area contributed by atoms with Crippen molar-refractivity contribution in [1.29, 1.82) is 0 Å². The molecule has 1 saturated heterocycles. The van der Waals surface area contributed by atoms with E-state index in [1.807, 2.05) is 51.1 Å². The second-order valence-electron chi connectivity index (χ2n) is 16.4. The summed E-state index contributed by atoms with van der Waals surface area (Å²) >= 11 is 0. The van der Waals surface area contributed by atoms with Gasteiger partial charge in [-0.15, -0.1) is 0 Å². The monoisotopic (exact) mass is 789 g/mol.